The zero-order valence-electron chi connectivity index (χ0n) is 15.5. The zero-order chi connectivity index (χ0) is 17.9. The molecule has 2 N–H and O–H groups in total. The minimum Gasteiger partial charge on any atom is -0.356 e. The first kappa shape index (κ1) is 24.2. The van der Waals surface area contributed by atoms with Crippen molar-refractivity contribution in [2.45, 2.75) is 26.2 Å². The monoisotopic (exact) mass is 524 g/mol. The number of hydrogen-bond acceptors (Lipinski definition) is 2. The summed E-state index contributed by atoms with van der Waals surface area (Å²) in [4.78, 5) is 17.4. The Bertz CT molecular complexity index is 552. The van der Waals surface area contributed by atoms with Gasteiger partial charge in [-0.1, -0.05) is 41.4 Å². The van der Waals surface area contributed by atoms with E-state index in [0.717, 1.165) is 29.8 Å². The van der Waals surface area contributed by atoms with Crippen LogP contribution in [0.25, 0.3) is 0 Å². The van der Waals surface area contributed by atoms with E-state index in [1.165, 1.54) is 5.56 Å². The number of carbonyl (C=O) groups excluding carboxylic acids is 1. The fraction of sp³-hybridized carbons (Fsp3) is 0.556. The van der Waals surface area contributed by atoms with Gasteiger partial charge in [0.2, 0.25) is 5.91 Å². The molecule has 142 valence electrons. The first-order chi connectivity index (χ1) is 11.5. The van der Waals surface area contributed by atoms with Gasteiger partial charge in [0.15, 0.2) is 5.96 Å². The molecule has 5 nitrogen and oxygen atoms in total. The van der Waals surface area contributed by atoms with Crippen molar-refractivity contribution in [3.05, 3.63) is 34.3 Å². The summed E-state index contributed by atoms with van der Waals surface area (Å²) in [5, 5.41) is 6.55. The molecule has 0 heterocycles. The molecule has 0 aromatic heterocycles. The number of aliphatic imine (C=N–C) groups is 1. The van der Waals surface area contributed by atoms with Crippen molar-refractivity contribution >= 4 is 51.8 Å². The summed E-state index contributed by atoms with van der Waals surface area (Å²) in [6, 6.07) is 8.45. The second kappa shape index (κ2) is 13.4. The largest absolute Gasteiger partial charge is 0.356 e. The summed E-state index contributed by atoms with van der Waals surface area (Å²) < 4.78 is 1.12. The van der Waals surface area contributed by atoms with E-state index in [9.17, 15) is 4.79 Å². The highest BCUT2D eigenvalue weighted by molar-refractivity contribution is 14.0. The highest BCUT2D eigenvalue weighted by Crippen LogP contribution is 2.16. The Morgan fingerprint density at radius 2 is 2.04 bits per heavy atom. The predicted octanol–water partition coefficient (Wildman–Crippen LogP) is 3.28. The normalized spacial score (nSPS) is 12.1. The van der Waals surface area contributed by atoms with Gasteiger partial charge in [-0.15, -0.1) is 24.0 Å². The van der Waals surface area contributed by atoms with Gasteiger partial charge >= 0.3 is 0 Å². The zero-order valence-corrected chi connectivity index (χ0v) is 19.4. The van der Waals surface area contributed by atoms with E-state index < -0.39 is 0 Å². The first-order valence-electron chi connectivity index (χ1n) is 8.35. The van der Waals surface area contributed by atoms with Crippen molar-refractivity contribution in [1.29, 1.82) is 0 Å². The van der Waals surface area contributed by atoms with Crippen LogP contribution in [-0.2, 0) is 11.2 Å². The fourth-order valence-corrected chi connectivity index (χ4v) is 2.78. The molecule has 1 aromatic rings. The molecule has 1 unspecified atom stereocenters. The number of nitrogens with one attached hydrogen (secondary N) is 2. The second-order valence-electron chi connectivity index (χ2n) is 6.03. The molecule has 1 rings (SSSR count). The van der Waals surface area contributed by atoms with E-state index in [0.29, 0.717) is 18.9 Å². The highest BCUT2D eigenvalue weighted by atomic mass is 127. The van der Waals surface area contributed by atoms with Crippen molar-refractivity contribution in [2.24, 2.45) is 10.9 Å². The van der Waals surface area contributed by atoms with Crippen molar-refractivity contribution in [3.63, 3.8) is 0 Å². The number of benzene rings is 1. The third-order valence-electron chi connectivity index (χ3n) is 3.90. The standard InChI is InChI=1S/C18H29BrN4O.HI/c1-5-14(11-15-7-6-8-16(19)12-15)13-22-18(20-2)21-10-9-17(24)23(3)4;/h6-8,12,14H,5,9-11,13H2,1-4H3,(H2,20,21,22);1H. The topological polar surface area (TPSA) is 56.7 Å². The Kier molecular flexibility index (Phi) is 12.9. The van der Waals surface area contributed by atoms with Gasteiger partial charge in [0.05, 0.1) is 0 Å². The van der Waals surface area contributed by atoms with Crippen LogP contribution in [0.2, 0.25) is 0 Å². The van der Waals surface area contributed by atoms with Crippen LogP contribution in [0.4, 0.5) is 0 Å². The molecule has 1 atom stereocenters. The van der Waals surface area contributed by atoms with Crippen LogP contribution in [0.5, 0.6) is 0 Å². The third kappa shape index (κ3) is 10.0. The van der Waals surface area contributed by atoms with E-state index in [1.807, 2.05) is 6.07 Å². The van der Waals surface area contributed by atoms with Crippen LogP contribution in [0.15, 0.2) is 33.7 Å². The van der Waals surface area contributed by atoms with Crippen molar-refractivity contribution in [1.82, 2.24) is 15.5 Å². The van der Waals surface area contributed by atoms with Gasteiger partial charge in [-0.05, 0) is 30.0 Å². The third-order valence-corrected chi connectivity index (χ3v) is 4.40. The molecule has 0 saturated heterocycles. The Hall–Kier alpha value is -0.830. The summed E-state index contributed by atoms with van der Waals surface area (Å²) in [5.74, 6) is 1.38. The Labute approximate surface area is 177 Å². The molecule has 0 aliphatic heterocycles. The first-order valence-corrected chi connectivity index (χ1v) is 9.14. The van der Waals surface area contributed by atoms with Crippen LogP contribution in [0, 0.1) is 5.92 Å². The molecule has 25 heavy (non-hydrogen) atoms. The molecule has 0 aliphatic carbocycles. The molecule has 0 aliphatic rings. The van der Waals surface area contributed by atoms with E-state index in [2.05, 4.69) is 56.7 Å². The molecule has 0 bridgehead atoms. The average molecular weight is 525 g/mol. The SMILES string of the molecule is CCC(CNC(=NC)NCCC(=O)N(C)C)Cc1cccc(Br)c1.I. The lowest BCUT2D eigenvalue weighted by Crippen LogP contribution is -2.41. The van der Waals surface area contributed by atoms with E-state index >= 15 is 0 Å². The Morgan fingerprint density at radius 1 is 1.32 bits per heavy atom. The lowest BCUT2D eigenvalue weighted by Gasteiger charge is -2.19. The average Bonchev–Trinajstić information content (AvgIpc) is 2.56. The lowest BCUT2D eigenvalue weighted by atomic mass is 9.97. The number of guanidine groups is 1. The van der Waals surface area contributed by atoms with Gasteiger partial charge < -0.3 is 15.5 Å². The summed E-state index contributed by atoms with van der Waals surface area (Å²) >= 11 is 3.52. The van der Waals surface area contributed by atoms with Crippen LogP contribution < -0.4 is 10.6 Å². The maximum absolute atomic E-state index is 11.6. The van der Waals surface area contributed by atoms with Crippen LogP contribution >= 0.6 is 39.9 Å². The molecule has 1 amide bonds. The molecule has 0 fully saturated rings. The van der Waals surface area contributed by atoms with Crippen molar-refractivity contribution in [3.8, 4) is 0 Å². The number of nitrogens with zero attached hydrogens (tertiary/aromatic N) is 2. The summed E-state index contributed by atoms with van der Waals surface area (Å²) in [5.41, 5.74) is 1.33. The Balaban J connectivity index is 0.00000576. The number of hydrogen-bond donors (Lipinski definition) is 2. The minimum absolute atomic E-state index is 0. The van der Waals surface area contributed by atoms with Crippen LogP contribution in [0.3, 0.4) is 0 Å². The number of carbonyl (C=O) groups is 1. The van der Waals surface area contributed by atoms with Crippen LogP contribution in [0.1, 0.15) is 25.3 Å². The number of halogens is 2. The number of rotatable bonds is 8. The van der Waals surface area contributed by atoms with Crippen molar-refractivity contribution < 1.29 is 4.79 Å². The van der Waals surface area contributed by atoms with Crippen molar-refractivity contribution in [2.75, 3.05) is 34.2 Å². The van der Waals surface area contributed by atoms with Gasteiger partial charge in [-0.2, -0.15) is 0 Å². The fourth-order valence-electron chi connectivity index (χ4n) is 2.33. The predicted molar refractivity (Wildman–Crippen MR) is 120 cm³/mol. The minimum atomic E-state index is 0. The summed E-state index contributed by atoms with van der Waals surface area (Å²) in [6.45, 7) is 3.64. The number of amides is 1. The quantitative estimate of drug-likeness (QED) is 0.312. The molecule has 0 spiro atoms. The van der Waals surface area contributed by atoms with Gasteiger partial charge in [0.25, 0.3) is 0 Å². The molecule has 0 saturated carbocycles. The van der Waals surface area contributed by atoms with Gasteiger partial charge in [-0.25, -0.2) is 0 Å². The second-order valence-corrected chi connectivity index (χ2v) is 6.94. The molecule has 1 aromatic carbocycles. The van der Waals surface area contributed by atoms with E-state index in [4.69, 9.17) is 0 Å². The molecule has 7 heteroatoms. The van der Waals surface area contributed by atoms with Gasteiger partial charge in [0.1, 0.15) is 0 Å². The van der Waals surface area contributed by atoms with Gasteiger partial charge in [0, 0.05) is 45.1 Å². The summed E-state index contributed by atoms with van der Waals surface area (Å²) in [6.07, 6.45) is 2.58. The highest BCUT2D eigenvalue weighted by Gasteiger charge is 2.10. The van der Waals surface area contributed by atoms with Gasteiger partial charge in [-0.3, -0.25) is 9.79 Å². The van der Waals surface area contributed by atoms with Crippen LogP contribution in [-0.4, -0.2) is 51.0 Å². The Morgan fingerprint density at radius 3 is 2.60 bits per heavy atom. The lowest BCUT2D eigenvalue weighted by molar-refractivity contribution is -0.128. The maximum Gasteiger partial charge on any atom is 0.223 e. The maximum atomic E-state index is 11.6. The molecular formula is C18H30BrIN4O. The molecular weight excluding hydrogens is 495 g/mol. The van der Waals surface area contributed by atoms with E-state index in [1.54, 1.807) is 26.0 Å². The summed E-state index contributed by atoms with van der Waals surface area (Å²) in [7, 11) is 5.28. The smallest absolute Gasteiger partial charge is 0.223 e. The van der Waals surface area contributed by atoms with E-state index in [-0.39, 0.29) is 29.9 Å². The molecule has 0 radical (unpaired) electrons.